The maximum atomic E-state index is 11.5. The second-order valence-corrected chi connectivity index (χ2v) is 5.63. The van der Waals surface area contributed by atoms with Gasteiger partial charge in [0.2, 0.25) is 0 Å². The van der Waals surface area contributed by atoms with Crippen LogP contribution in [0.2, 0.25) is 0 Å². The van der Waals surface area contributed by atoms with E-state index in [1.165, 1.54) is 6.26 Å². The average Bonchev–Trinajstić information content (AvgIpc) is 3.11. The summed E-state index contributed by atoms with van der Waals surface area (Å²) in [5, 5.41) is 4.45. The van der Waals surface area contributed by atoms with Crippen molar-refractivity contribution < 1.29 is 28.3 Å². The van der Waals surface area contributed by atoms with Gasteiger partial charge in [-0.1, -0.05) is 15.9 Å². The summed E-state index contributed by atoms with van der Waals surface area (Å²) in [5.74, 6) is -0.455. The molecule has 0 aliphatic carbocycles. The first-order valence-electron chi connectivity index (χ1n) is 7.17. The van der Waals surface area contributed by atoms with Crippen molar-refractivity contribution in [3.8, 4) is 5.75 Å². The first kappa shape index (κ1) is 18.5. The zero-order valence-corrected chi connectivity index (χ0v) is 14.6. The Bertz CT molecular complexity index is 715. The predicted molar refractivity (Wildman–Crippen MR) is 89.7 cm³/mol. The van der Waals surface area contributed by atoms with Crippen molar-refractivity contribution in [2.75, 3.05) is 13.2 Å². The lowest BCUT2D eigenvalue weighted by atomic mass is 10.3. The van der Waals surface area contributed by atoms with Crippen LogP contribution in [-0.2, 0) is 20.9 Å². The monoisotopic (exact) mass is 410 g/mol. The highest BCUT2D eigenvalue weighted by molar-refractivity contribution is 9.10. The molecule has 0 spiro atoms. The summed E-state index contributed by atoms with van der Waals surface area (Å²) >= 11 is 3.28. The average molecular weight is 411 g/mol. The van der Waals surface area contributed by atoms with Gasteiger partial charge in [-0.2, -0.15) is 0 Å². The Hall–Kier alpha value is -2.81. The van der Waals surface area contributed by atoms with Crippen LogP contribution in [0.4, 0.5) is 4.79 Å². The summed E-state index contributed by atoms with van der Waals surface area (Å²) in [4.78, 5) is 34.5. The molecule has 0 saturated carbocycles. The molecule has 1 aromatic heterocycles. The maximum absolute atomic E-state index is 11.5. The van der Waals surface area contributed by atoms with Gasteiger partial charge in [0.05, 0.1) is 12.8 Å². The van der Waals surface area contributed by atoms with Crippen LogP contribution in [0.5, 0.6) is 5.75 Å². The van der Waals surface area contributed by atoms with Crippen LogP contribution in [0.1, 0.15) is 5.76 Å². The zero-order valence-electron chi connectivity index (χ0n) is 13.0. The van der Waals surface area contributed by atoms with E-state index >= 15 is 0 Å². The van der Waals surface area contributed by atoms with E-state index in [-0.39, 0.29) is 13.2 Å². The van der Waals surface area contributed by atoms with Gasteiger partial charge in [0.1, 0.15) is 11.5 Å². The van der Waals surface area contributed by atoms with Crippen LogP contribution in [-0.4, -0.2) is 31.1 Å². The van der Waals surface area contributed by atoms with E-state index in [4.69, 9.17) is 13.9 Å². The van der Waals surface area contributed by atoms with Crippen LogP contribution in [0.25, 0.3) is 0 Å². The van der Waals surface area contributed by atoms with Gasteiger partial charge in [-0.05, 0) is 36.4 Å². The highest BCUT2D eigenvalue weighted by Crippen LogP contribution is 2.15. The number of furan rings is 1. The van der Waals surface area contributed by atoms with Gasteiger partial charge < -0.3 is 19.2 Å². The summed E-state index contributed by atoms with van der Waals surface area (Å²) in [7, 11) is 0. The van der Waals surface area contributed by atoms with Gasteiger partial charge in [0.15, 0.2) is 13.2 Å². The molecule has 0 fully saturated rings. The third kappa shape index (κ3) is 7.08. The lowest BCUT2D eigenvalue weighted by molar-refractivity contribution is -0.150. The van der Waals surface area contributed by atoms with Crippen LogP contribution in [0, 0.1) is 0 Å². The first-order chi connectivity index (χ1) is 12.0. The summed E-state index contributed by atoms with van der Waals surface area (Å²) in [5.41, 5.74) is 0. The van der Waals surface area contributed by atoms with Crippen molar-refractivity contribution in [3.63, 3.8) is 0 Å². The number of benzene rings is 1. The van der Waals surface area contributed by atoms with E-state index in [2.05, 4.69) is 21.2 Å². The molecule has 132 valence electrons. The summed E-state index contributed by atoms with van der Waals surface area (Å²) < 4.78 is 15.8. The Morgan fingerprint density at radius 1 is 1.08 bits per heavy atom. The van der Waals surface area contributed by atoms with Crippen LogP contribution < -0.4 is 15.4 Å². The molecular weight excluding hydrogens is 396 g/mol. The van der Waals surface area contributed by atoms with E-state index < -0.39 is 24.5 Å². The second-order valence-electron chi connectivity index (χ2n) is 4.71. The van der Waals surface area contributed by atoms with E-state index in [1.807, 2.05) is 5.32 Å². The van der Waals surface area contributed by atoms with Crippen molar-refractivity contribution in [1.82, 2.24) is 10.6 Å². The molecule has 2 rings (SSSR count). The molecule has 25 heavy (non-hydrogen) atoms. The van der Waals surface area contributed by atoms with Gasteiger partial charge in [-0.25, -0.2) is 9.59 Å². The van der Waals surface area contributed by atoms with E-state index in [9.17, 15) is 14.4 Å². The van der Waals surface area contributed by atoms with Gasteiger partial charge in [0, 0.05) is 4.47 Å². The fourth-order valence-electron chi connectivity index (χ4n) is 1.65. The number of amides is 3. The lowest BCUT2D eigenvalue weighted by Gasteiger charge is -2.08. The van der Waals surface area contributed by atoms with Crippen molar-refractivity contribution in [1.29, 1.82) is 0 Å². The smallest absolute Gasteiger partial charge is 0.344 e. The largest absolute Gasteiger partial charge is 0.482 e. The number of esters is 1. The number of imide groups is 1. The molecule has 8 nitrogen and oxygen atoms in total. The van der Waals surface area contributed by atoms with Gasteiger partial charge in [-0.3, -0.25) is 10.1 Å². The number of carbonyl (C=O) groups excluding carboxylic acids is 3. The van der Waals surface area contributed by atoms with E-state index in [0.29, 0.717) is 11.5 Å². The molecular formula is C16H15BrN2O6. The second kappa shape index (κ2) is 9.48. The van der Waals surface area contributed by atoms with Crippen LogP contribution >= 0.6 is 15.9 Å². The predicted octanol–water partition coefficient (Wildman–Crippen LogP) is 1.99. The van der Waals surface area contributed by atoms with Crippen molar-refractivity contribution in [2.24, 2.45) is 0 Å². The standard InChI is InChI=1S/C16H15BrN2O6/c17-11-3-5-12(6-4-11)24-10-15(21)25-9-14(20)19-16(22)18-8-13-2-1-7-23-13/h1-7H,8-10H2,(H2,18,19,20,22). The number of rotatable bonds is 7. The summed E-state index contributed by atoms with van der Waals surface area (Å²) in [6.45, 7) is -0.802. The number of nitrogens with one attached hydrogen (secondary N) is 2. The topological polar surface area (TPSA) is 107 Å². The molecule has 0 saturated heterocycles. The number of urea groups is 1. The highest BCUT2D eigenvalue weighted by Gasteiger charge is 2.11. The first-order valence-corrected chi connectivity index (χ1v) is 7.96. The van der Waals surface area contributed by atoms with Crippen molar-refractivity contribution >= 4 is 33.8 Å². The van der Waals surface area contributed by atoms with E-state index in [0.717, 1.165) is 4.47 Å². The normalized spacial score (nSPS) is 9.96. The fourth-order valence-corrected chi connectivity index (χ4v) is 1.91. The van der Waals surface area contributed by atoms with Gasteiger partial charge >= 0.3 is 12.0 Å². The molecule has 1 heterocycles. The van der Waals surface area contributed by atoms with Crippen LogP contribution in [0.15, 0.2) is 51.6 Å². The zero-order chi connectivity index (χ0) is 18.1. The molecule has 0 radical (unpaired) electrons. The number of halogens is 1. The molecule has 0 bridgehead atoms. The Balaban J connectivity index is 1.60. The van der Waals surface area contributed by atoms with Gasteiger partial charge in [-0.15, -0.1) is 0 Å². The molecule has 0 atom stereocenters. The highest BCUT2D eigenvalue weighted by atomic mass is 79.9. The Morgan fingerprint density at radius 2 is 1.84 bits per heavy atom. The maximum Gasteiger partial charge on any atom is 0.344 e. The lowest BCUT2D eigenvalue weighted by Crippen LogP contribution is -2.41. The molecule has 0 aliphatic heterocycles. The minimum absolute atomic E-state index is 0.132. The Kier molecular flexibility index (Phi) is 7.02. The van der Waals surface area contributed by atoms with E-state index in [1.54, 1.807) is 36.4 Å². The Labute approximate surface area is 151 Å². The third-order valence-electron chi connectivity index (χ3n) is 2.79. The number of ether oxygens (including phenoxy) is 2. The Morgan fingerprint density at radius 3 is 2.52 bits per heavy atom. The van der Waals surface area contributed by atoms with Crippen molar-refractivity contribution in [3.05, 3.63) is 52.9 Å². The number of hydrogen-bond donors (Lipinski definition) is 2. The molecule has 2 N–H and O–H groups in total. The fraction of sp³-hybridized carbons (Fsp3) is 0.188. The van der Waals surface area contributed by atoms with Crippen molar-refractivity contribution in [2.45, 2.75) is 6.54 Å². The molecule has 2 aromatic rings. The minimum Gasteiger partial charge on any atom is -0.482 e. The summed E-state index contributed by atoms with van der Waals surface area (Å²) in [6.07, 6.45) is 1.47. The SMILES string of the molecule is O=C(COC(=O)COc1ccc(Br)cc1)NC(=O)NCc1ccco1. The molecule has 3 amide bonds. The summed E-state index contributed by atoms with van der Waals surface area (Å²) in [6, 6.07) is 9.50. The number of carbonyl (C=O) groups is 3. The third-order valence-corrected chi connectivity index (χ3v) is 3.32. The number of hydrogen-bond acceptors (Lipinski definition) is 6. The molecule has 9 heteroatoms. The van der Waals surface area contributed by atoms with Crippen LogP contribution in [0.3, 0.4) is 0 Å². The minimum atomic E-state index is -0.756. The quantitative estimate of drug-likeness (QED) is 0.675. The molecule has 0 aliphatic rings. The van der Waals surface area contributed by atoms with Gasteiger partial charge in [0.25, 0.3) is 5.91 Å². The molecule has 1 aromatic carbocycles. The molecule has 0 unspecified atom stereocenters.